The molecule has 1 atom stereocenters. The van der Waals surface area contributed by atoms with Crippen LogP contribution in [0.3, 0.4) is 0 Å². The molecular formula is C13H22F3NO3. The van der Waals surface area contributed by atoms with Gasteiger partial charge in [-0.2, -0.15) is 13.2 Å². The fraction of sp³-hybridized carbons (Fsp3) is 0.923. The Morgan fingerprint density at radius 2 is 2.15 bits per heavy atom. The van der Waals surface area contributed by atoms with Crippen LogP contribution in [0.5, 0.6) is 0 Å². The summed E-state index contributed by atoms with van der Waals surface area (Å²) < 4.78 is 45.1. The van der Waals surface area contributed by atoms with E-state index < -0.39 is 12.8 Å². The average molecular weight is 297 g/mol. The van der Waals surface area contributed by atoms with E-state index in [2.05, 4.69) is 9.64 Å². The molecule has 0 unspecified atom stereocenters. The third kappa shape index (κ3) is 7.09. The highest BCUT2D eigenvalue weighted by molar-refractivity contribution is 5.72. The first-order valence-corrected chi connectivity index (χ1v) is 6.96. The molecule has 4 nitrogen and oxygen atoms in total. The van der Waals surface area contributed by atoms with Gasteiger partial charge in [0.05, 0.1) is 12.5 Å². The van der Waals surface area contributed by atoms with Crippen LogP contribution in [0.4, 0.5) is 13.2 Å². The maximum Gasteiger partial charge on any atom is 0.411 e. The van der Waals surface area contributed by atoms with Gasteiger partial charge in [-0.3, -0.25) is 4.79 Å². The first kappa shape index (κ1) is 17.2. The summed E-state index contributed by atoms with van der Waals surface area (Å²) in [6.07, 6.45) is -2.00. The van der Waals surface area contributed by atoms with E-state index >= 15 is 0 Å². The van der Waals surface area contributed by atoms with Crippen molar-refractivity contribution in [2.45, 2.75) is 32.4 Å². The zero-order valence-electron chi connectivity index (χ0n) is 11.7. The molecule has 1 aliphatic rings. The lowest BCUT2D eigenvalue weighted by Gasteiger charge is -2.31. The number of ether oxygens (including phenoxy) is 2. The SMILES string of the molecule is CCOC(=O)[C@@H]1CCCN(CCCOCC(F)(F)F)C1. The van der Waals surface area contributed by atoms with Gasteiger partial charge in [0.25, 0.3) is 0 Å². The van der Waals surface area contributed by atoms with E-state index in [0.717, 1.165) is 19.4 Å². The molecule has 0 amide bonds. The molecule has 0 aromatic heterocycles. The second-order valence-corrected chi connectivity index (χ2v) is 4.91. The number of hydrogen-bond donors (Lipinski definition) is 0. The Labute approximate surface area is 117 Å². The predicted molar refractivity (Wildman–Crippen MR) is 67.3 cm³/mol. The molecule has 0 saturated carbocycles. The van der Waals surface area contributed by atoms with Crippen LogP contribution in [0.2, 0.25) is 0 Å². The van der Waals surface area contributed by atoms with Crippen molar-refractivity contribution in [2.75, 3.05) is 39.5 Å². The monoisotopic (exact) mass is 297 g/mol. The lowest BCUT2D eigenvalue weighted by molar-refractivity contribution is -0.174. The number of halogens is 3. The summed E-state index contributed by atoms with van der Waals surface area (Å²) in [7, 11) is 0. The minimum Gasteiger partial charge on any atom is -0.466 e. The highest BCUT2D eigenvalue weighted by Gasteiger charge is 2.28. The van der Waals surface area contributed by atoms with E-state index in [4.69, 9.17) is 4.74 Å². The molecule has 1 aliphatic heterocycles. The zero-order valence-corrected chi connectivity index (χ0v) is 11.7. The lowest BCUT2D eigenvalue weighted by Crippen LogP contribution is -2.40. The number of alkyl halides is 3. The number of nitrogens with zero attached hydrogens (tertiary/aromatic N) is 1. The van der Waals surface area contributed by atoms with Crippen molar-refractivity contribution < 1.29 is 27.4 Å². The number of carbonyl (C=O) groups excluding carboxylic acids is 1. The van der Waals surface area contributed by atoms with Gasteiger partial charge >= 0.3 is 12.1 Å². The van der Waals surface area contributed by atoms with E-state index in [9.17, 15) is 18.0 Å². The average Bonchev–Trinajstić information content (AvgIpc) is 2.37. The van der Waals surface area contributed by atoms with Crippen molar-refractivity contribution in [3.05, 3.63) is 0 Å². The number of rotatable bonds is 7. The minimum absolute atomic E-state index is 0.0834. The van der Waals surface area contributed by atoms with Crippen LogP contribution in [0.25, 0.3) is 0 Å². The van der Waals surface area contributed by atoms with E-state index in [1.165, 1.54) is 0 Å². The van der Waals surface area contributed by atoms with Crippen molar-refractivity contribution in [1.29, 1.82) is 0 Å². The summed E-state index contributed by atoms with van der Waals surface area (Å²) in [5.41, 5.74) is 0. The van der Waals surface area contributed by atoms with Crippen LogP contribution in [-0.4, -0.2) is 56.5 Å². The molecule has 0 aliphatic carbocycles. The van der Waals surface area contributed by atoms with Crippen molar-refractivity contribution in [3.63, 3.8) is 0 Å². The molecule has 20 heavy (non-hydrogen) atoms. The van der Waals surface area contributed by atoms with Crippen LogP contribution < -0.4 is 0 Å². The molecule has 7 heteroatoms. The van der Waals surface area contributed by atoms with Crippen molar-refractivity contribution >= 4 is 5.97 Å². The molecule has 0 radical (unpaired) electrons. The van der Waals surface area contributed by atoms with E-state index in [1.807, 2.05) is 0 Å². The quantitative estimate of drug-likeness (QED) is 0.533. The van der Waals surface area contributed by atoms with Crippen LogP contribution in [0.1, 0.15) is 26.2 Å². The van der Waals surface area contributed by atoms with Crippen LogP contribution >= 0.6 is 0 Å². The van der Waals surface area contributed by atoms with E-state index in [-0.39, 0.29) is 18.5 Å². The minimum atomic E-state index is -4.26. The smallest absolute Gasteiger partial charge is 0.411 e. The van der Waals surface area contributed by atoms with Gasteiger partial charge in [-0.05, 0) is 32.7 Å². The Morgan fingerprint density at radius 3 is 2.80 bits per heavy atom. The Bertz CT molecular complexity index is 297. The van der Waals surface area contributed by atoms with Gasteiger partial charge in [-0.1, -0.05) is 0 Å². The second-order valence-electron chi connectivity index (χ2n) is 4.91. The number of hydrogen-bond acceptors (Lipinski definition) is 4. The summed E-state index contributed by atoms with van der Waals surface area (Å²) in [6.45, 7) is 3.18. The van der Waals surface area contributed by atoms with E-state index in [1.54, 1.807) is 6.92 Å². The number of piperidine rings is 1. The predicted octanol–water partition coefficient (Wildman–Crippen LogP) is 2.23. The Morgan fingerprint density at radius 1 is 1.40 bits per heavy atom. The number of likely N-dealkylation sites (tertiary alicyclic amines) is 1. The second kappa shape index (κ2) is 8.46. The van der Waals surface area contributed by atoms with Crippen LogP contribution in [-0.2, 0) is 14.3 Å². The summed E-state index contributed by atoms with van der Waals surface area (Å²) in [5, 5.41) is 0. The van der Waals surface area contributed by atoms with Gasteiger partial charge in [-0.25, -0.2) is 0 Å². The molecule has 1 rings (SSSR count). The molecule has 0 aromatic rings. The maximum absolute atomic E-state index is 11.9. The van der Waals surface area contributed by atoms with Crippen LogP contribution in [0, 0.1) is 5.92 Å². The Balaban J connectivity index is 2.16. The highest BCUT2D eigenvalue weighted by Crippen LogP contribution is 2.18. The topological polar surface area (TPSA) is 38.8 Å². The van der Waals surface area contributed by atoms with Gasteiger partial charge in [0, 0.05) is 19.7 Å². The molecule has 0 N–H and O–H groups in total. The molecule has 0 bridgehead atoms. The van der Waals surface area contributed by atoms with Crippen LogP contribution in [0.15, 0.2) is 0 Å². The maximum atomic E-state index is 11.9. The highest BCUT2D eigenvalue weighted by atomic mass is 19.4. The zero-order chi connectivity index (χ0) is 15.0. The van der Waals surface area contributed by atoms with Gasteiger partial charge in [0.15, 0.2) is 0 Å². The fourth-order valence-electron chi connectivity index (χ4n) is 2.29. The lowest BCUT2D eigenvalue weighted by atomic mass is 9.98. The molecule has 1 fully saturated rings. The molecule has 1 heterocycles. The third-order valence-electron chi connectivity index (χ3n) is 3.15. The van der Waals surface area contributed by atoms with Gasteiger partial charge < -0.3 is 14.4 Å². The standard InChI is InChI=1S/C13H22F3NO3/c1-2-20-12(18)11-5-3-6-17(9-11)7-4-8-19-10-13(14,15)16/h11H,2-10H2,1H3/t11-/m1/s1. The number of carbonyl (C=O) groups is 1. The van der Waals surface area contributed by atoms with Gasteiger partial charge in [0.1, 0.15) is 6.61 Å². The third-order valence-corrected chi connectivity index (χ3v) is 3.15. The Kier molecular flexibility index (Phi) is 7.29. The normalized spacial score (nSPS) is 20.9. The molecule has 1 saturated heterocycles. The molecular weight excluding hydrogens is 275 g/mol. The molecule has 0 aromatic carbocycles. The first-order valence-electron chi connectivity index (χ1n) is 6.96. The fourth-order valence-corrected chi connectivity index (χ4v) is 2.29. The van der Waals surface area contributed by atoms with E-state index in [0.29, 0.717) is 26.1 Å². The van der Waals surface area contributed by atoms with Crippen molar-refractivity contribution in [3.8, 4) is 0 Å². The van der Waals surface area contributed by atoms with Gasteiger partial charge in [0.2, 0.25) is 0 Å². The van der Waals surface area contributed by atoms with Crippen molar-refractivity contribution in [1.82, 2.24) is 4.90 Å². The summed E-state index contributed by atoms with van der Waals surface area (Å²) >= 11 is 0. The van der Waals surface area contributed by atoms with Crippen molar-refractivity contribution in [2.24, 2.45) is 5.92 Å². The summed E-state index contributed by atoms with van der Waals surface area (Å²) in [4.78, 5) is 13.7. The number of esters is 1. The largest absolute Gasteiger partial charge is 0.466 e. The summed E-state index contributed by atoms with van der Waals surface area (Å²) in [6, 6.07) is 0. The van der Waals surface area contributed by atoms with Gasteiger partial charge in [-0.15, -0.1) is 0 Å². The molecule has 0 spiro atoms. The Hall–Kier alpha value is -0.820. The molecule has 118 valence electrons. The first-order chi connectivity index (χ1) is 9.42. The summed E-state index contributed by atoms with van der Waals surface area (Å²) in [5.74, 6) is -0.287.